The zero-order chi connectivity index (χ0) is 14.1. The highest BCUT2D eigenvalue weighted by Crippen LogP contribution is 2.31. The van der Waals surface area contributed by atoms with E-state index in [-0.39, 0.29) is 5.54 Å². The molecular formula is C15H27N3S. The monoisotopic (exact) mass is 281 g/mol. The summed E-state index contributed by atoms with van der Waals surface area (Å²) in [6, 6.07) is 0.578. The van der Waals surface area contributed by atoms with Crippen molar-refractivity contribution in [1.29, 1.82) is 0 Å². The van der Waals surface area contributed by atoms with E-state index < -0.39 is 0 Å². The van der Waals surface area contributed by atoms with Crippen LogP contribution < -0.4 is 5.32 Å². The minimum atomic E-state index is 0.242. The van der Waals surface area contributed by atoms with Gasteiger partial charge in [0, 0.05) is 42.3 Å². The van der Waals surface area contributed by atoms with Crippen LogP contribution in [0.4, 0.5) is 0 Å². The summed E-state index contributed by atoms with van der Waals surface area (Å²) < 4.78 is 0. The van der Waals surface area contributed by atoms with Crippen molar-refractivity contribution >= 4 is 11.3 Å². The van der Waals surface area contributed by atoms with E-state index in [1.807, 2.05) is 11.7 Å². The molecule has 0 aromatic carbocycles. The van der Waals surface area contributed by atoms with Gasteiger partial charge in [-0.25, -0.2) is 0 Å². The Hall–Kier alpha value is -0.450. The summed E-state index contributed by atoms with van der Waals surface area (Å²) in [5, 5.41) is 3.76. The predicted molar refractivity (Wildman–Crippen MR) is 82.5 cm³/mol. The molecule has 2 rings (SSSR count). The Labute approximate surface area is 121 Å². The van der Waals surface area contributed by atoms with Crippen LogP contribution in [0.1, 0.15) is 45.9 Å². The van der Waals surface area contributed by atoms with E-state index in [4.69, 9.17) is 0 Å². The molecule has 1 aromatic rings. The second-order valence-electron chi connectivity index (χ2n) is 7.05. The Kier molecular flexibility index (Phi) is 4.33. The maximum absolute atomic E-state index is 4.21. The fourth-order valence-corrected chi connectivity index (χ4v) is 3.48. The number of hydrogen-bond donors (Lipinski definition) is 1. The molecule has 1 saturated heterocycles. The fourth-order valence-electron chi connectivity index (χ4n) is 2.86. The van der Waals surface area contributed by atoms with Gasteiger partial charge < -0.3 is 5.32 Å². The molecule has 19 heavy (non-hydrogen) atoms. The molecule has 0 saturated carbocycles. The van der Waals surface area contributed by atoms with Crippen molar-refractivity contribution in [2.75, 3.05) is 13.1 Å². The number of nitrogens with one attached hydrogen (secondary N) is 1. The van der Waals surface area contributed by atoms with Crippen LogP contribution in [0, 0.1) is 5.41 Å². The van der Waals surface area contributed by atoms with Gasteiger partial charge in [-0.3, -0.25) is 9.88 Å². The molecule has 2 heterocycles. The lowest BCUT2D eigenvalue weighted by Crippen LogP contribution is -2.65. The zero-order valence-corrected chi connectivity index (χ0v) is 13.7. The Morgan fingerprint density at radius 2 is 2.26 bits per heavy atom. The predicted octanol–water partition coefficient (Wildman–Crippen LogP) is 3.13. The van der Waals surface area contributed by atoms with E-state index in [0.29, 0.717) is 11.5 Å². The number of piperazine rings is 1. The summed E-state index contributed by atoms with van der Waals surface area (Å²) >= 11 is 1.76. The van der Waals surface area contributed by atoms with Crippen LogP contribution >= 0.6 is 11.3 Å². The average molecular weight is 281 g/mol. The van der Waals surface area contributed by atoms with E-state index in [0.717, 1.165) is 19.6 Å². The van der Waals surface area contributed by atoms with Crippen LogP contribution in [0.15, 0.2) is 11.7 Å². The van der Waals surface area contributed by atoms with E-state index in [1.165, 1.54) is 11.3 Å². The minimum Gasteiger partial charge on any atom is -0.309 e. The molecule has 1 N–H and O–H groups in total. The highest BCUT2D eigenvalue weighted by molar-refractivity contribution is 7.09. The fraction of sp³-hybridized carbons (Fsp3) is 0.800. The summed E-state index contributed by atoms with van der Waals surface area (Å²) in [4.78, 5) is 8.22. The normalized spacial score (nSPS) is 29.6. The highest BCUT2D eigenvalue weighted by atomic mass is 32.1. The van der Waals surface area contributed by atoms with Gasteiger partial charge in [0.25, 0.3) is 0 Å². The van der Waals surface area contributed by atoms with Crippen LogP contribution in [0.3, 0.4) is 0 Å². The number of rotatable bonds is 3. The Morgan fingerprint density at radius 3 is 2.79 bits per heavy atom. The topological polar surface area (TPSA) is 28.2 Å². The third kappa shape index (κ3) is 3.56. The molecule has 4 heteroatoms. The van der Waals surface area contributed by atoms with Crippen molar-refractivity contribution in [3.8, 4) is 0 Å². The minimum absolute atomic E-state index is 0.242. The molecule has 0 aliphatic carbocycles. The number of thiazole rings is 1. The molecule has 2 unspecified atom stereocenters. The lowest BCUT2D eigenvalue weighted by Gasteiger charge is -2.50. The molecule has 0 spiro atoms. The first-order chi connectivity index (χ1) is 8.84. The molecule has 0 radical (unpaired) electrons. The third-order valence-corrected chi connectivity index (χ3v) is 5.10. The first-order valence-electron chi connectivity index (χ1n) is 7.20. The summed E-state index contributed by atoms with van der Waals surface area (Å²) in [5.41, 5.74) is 2.47. The third-order valence-electron chi connectivity index (χ3n) is 4.34. The molecule has 0 amide bonds. The molecule has 1 fully saturated rings. The average Bonchev–Trinajstić information content (AvgIpc) is 2.80. The zero-order valence-electron chi connectivity index (χ0n) is 12.9. The maximum Gasteiger partial charge on any atom is 0.0794 e. The highest BCUT2D eigenvalue weighted by Gasteiger charge is 2.39. The number of hydrogen-bond acceptors (Lipinski definition) is 4. The van der Waals surface area contributed by atoms with E-state index >= 15 is 0 Å². The Morgan fingerprint density at radius 1 is 1.53 bits per heavy atom. The second-order valence-corrected chi connectivity index (χ2v) is 8.02. The quantitative estimate of drug-likeness (QED) is 0.922. The van der Waals surface area contributed by atoms with E-state index in [9.17, 15) is 0 Å². The SMILES string of the molecule is CCC1(C)CN(Cc2cncs2)C(C(C)(C)C)CN1. The number of nitrogens with zero attached hydrogens (tertiary/aromatic N) is 2. The van der Waals surface area contributed by atoms with Gasteiger partial charge >= 0.3 is 0 Å². The van der Waals surface area contributed by atoms with E-state index in [1.54, 1.807) is 11.3 Å². The molecule has 108 valence electrons. The van der Waals surface area contributed by atoms with Gasteiger partial charge in [-0.05, 0) is 18.8 Å². The van der Waals surface area contributed by atoms with Crippen molar-refractivity contribution < 1.29 is 0 Å². The van der Waals surface area contributed by atoms with Gasteiger partial charge in [-0.1, -0.05) is 27.7 Å². The second kappa shape index (κ2) is 5.51. The summed E-state index contributed by atoms with van der Waals surface area (Å²) in [6.45, 7) is 14.9. The van der Waals surface area contributed by atoms with Gasteiger partial charge in [0.05, 0.1) is 5.51 Å². The van der Waals surface area contributed by atoms with Gasteiger partial charge in [0.15, 0.2) is 0 Å². The van der Waals surface area contributed by atoms with Crippen molar-refractivity contribution in [3.05, 3.63) is 16.6 Å². The van der Waals surface area contributed by atoms with Crippen LogP contribution in [0.25, 0.3) is 0 Å². The lowest BCUT2D eigenvalue weighted by atomic mass is 9.81. The summed E-state index contributed by atoms with van der Waals surface area (Å²) in [6.07, 6.45) is 3.18. The van der Waals surface area contributed by atoms with Gasteiger partial charge in [-0.15, -0.1) is 11.3 Å². The smallest absolute Gasteiger partial charge is 0.0794 e. The standard InChI is InChI=1S/C15H27N3S/c1-6-15(5)10-18(9-12-7-16-11-19-12)13(8-17-15)14(2,3)4/h7,11,13,17H,6,8-10H2,1-5H3. The lowest BCUT2D eigenvalue weighted by molar-refractivity contribution is 0.0211. The molecule has 1 aliphatic rings. The van der Waals surface area contributed by atoms with Gasteiger partial charge in [0.1, 0.15) is 0 Å². The van der Waals surface area contributed by atoms with Crippen molar-refractivity contribution in [3.63, 3.8) is 0 Å². The molecule has 2 atom stereocenters. The first-order valence-corrected chi connectivity index (χ1v) is 8.08. The maximum atomic E-state index is 4.21. The molecule has 1 aliphatic heterocycles. The summed E-state index contributed by atoms with van der Waals surface area (Å²) in [7, 11) is 0. The largest absolute Gasteiger partial charge is 0.309 e. The Bertz CT molecular complexity index is 396. The van der Waals surface area contributed by atoms with Crippen molar-refractivity contribution in [2.24, 2.45) is 5.41 Å². The van der Waals surface area contributed by atoms with Gasteiger partial charge in [0.2, 0.25) is 0 Å². The summed E-state index contributed by atoms with van der Waals surface area (Å²) in [5.74, 6) is 0. The molecular weight excluding hydrogens is 254 g/mol. The first kappa shape index (κ1) is 14.9. The van der Waals surface area contributed by atoms with Crippen LogP contribution in [-0.2, 0) is 6.54 Å². The number of aromatic nitrogens is 1. The van der Waals surface area contributed by atoms with E-state index in [2.05, 4.69) is 49.8 Å². The van der Waals surface area contributed by atoms with Gasteiger partial charge in [-0.2, -0.15) is 0 Å². The van der Waals surface area contributed by atoms with Crippen LogP contribution in [0.2, 0.25) is 0 Å². The van der Waals surface area contributed by atoms with Crippen molar-refractivity contribution in [1.82, 2.24) is 15.2 Å². The van der Waals surface area contributed by atoms with Crippen LogP contribution in [0.5, 0.6) is 0 Å². The van der Waals surface area contributed by atoms with Crippen LogP contribution in [-0.4, -0.2) is 34.6 Å². The molecule has 0 bridgehead atoms. The molecule has 1 aromatic heterocycles. The molecule has 3 nitrogen and oxygen atoms in total. The Balaban J connectivity index is 2.16. The van der Waals surface area contributed by atoms with Crippen molar-refractivity contribution in [2.45, 2.75) is 59.2 Å².